The van der Waals surface area contributed by atoms with Gasteiger partial charge in [-0.05, 0) is 44.0 Å². The summed E-state index contributed by atoms with van der Waals surface area (Å²) in [5.74, 6) is -1.37. The third-order valence-corrected chi connectivity index (χ3v) is 6.31. The molecule has 2 fully saturated rings. The smallest absolute Gasteiger partial charge is 0.475 e. The van der Waals surface area contributed by atoms with Crippen molar-refractivity contribution in [3.8, 4) is 0 Å². The Morgan fingerprint density at radius 3 is 2.61 bits per heavy atom. The van der Waals surface area contributed by atoms with E-state index in [9.17, 15) is 13.2 Å². The molecular formula is C25H30F3N5O3. The molecule has 0 amide bonds. The number of alkyl halides is 3. The molecule has 11 heteroatoms. The molecule has 0 radical (unpaired) electrons. The van der Waals surface area contributed by atoms with Gasteiger partial charge in [-0.2, -0.15) is 18.3 Å². The largest absolute Gasteiger partial charge is 0.490 e. The van der Waals surface area contributed by atoms with E-state index in [1.165, 1.54) is 23.2 Å². The van der Waals surface area contributed by atoms with Gasteiger partial charge in [0.25, 0.3) is 0 Å². The van der Waals surface area contributed by atoms with E-state index in [2.05, 4.69) is 59.3 Å². The molecule has 1 N–H and O–H groups in total. The zero-order chi connectivity index (χ0) is 25.7. The van der Waals surface area contributed by atoms with Gasteiger partial charge in [0.15, 0.2) is 11.5 Å². The maximum Gasteiger partial charge on any atom is 0.490 e. The number of pyridine rings is 1. The summed E-state index contributed by atoms with van der Waals surface area (Å²) in [5, 5.41) is 12.0. The zero-order valence-corrected chi connectivity index (χ0v) is 20.1. The molecule has 36 heavy (non-hydrogen) atoms. The quantitative estimate of drug-likeness (QED) is 0.576. The monoisotopic (exact) mass is 505 g/mol. The van der Waals surface area contributed by atoms with Crippen LogP contribution in [0.4, 0.5) is 18.9 Å². The third-order valence-electron chi connectivity index (χ3n) is 6.31. The number of hydrogen-bond acceptors (Lipinski definition) is 6. The van der Waals surface area contributed by atoms with Crippen molar-refractivity contribution >= 4 is 17.3 Å². The number of fused-ring (bicyclic) bond motifs is 1. The number of ether oxygens (including phenoxy) is 1. The first kappa shape index (κ1) is 25.9. The Morgan fingerprint density at radius 1 is 1.17 bits per heavy atom. The first-order valence-corrected chi connectivity index (χ1v) is 12.0. The van der Waals surface area contributed by atoms with E-state index in [0.717, 1.165) is 63.8 Å². The van der Waals surface area contributed by atoms with E-state index in [-0.39, 0.29) is 0 Å². The van der Waals surface area contributed by atoms with Crippen LogP contribution in [0.15, 0.2) is 42.6 Å². The average Bonchev–Trinajstić information content (AvgIpc) is 3.28. The zero-order valence-electron chi connectivity index (χ0n) is 20.1. The van der Waals surface area contributed by atoms with E-state index in [4.69, 9.17) is 24.7 Å². The van der Waals surface area contributed by atoms with Crippen molar-refractivity contribution in [2.75, 3.05) is 44.3 Å². The van der Waals surface area contributed by atoms with Gasteiger partial charge in [-0.15, -0.1) is 0 Å². The van der Waals surface area contributed by atoms with Crippen molar-refractivity contribution in [2.45, 2.75) is 38.4 Å². The first-order chi connectivity index (χ1) is 17.2. The molecule has 1 aromatic carbocycles. The summed E-state index contributed by atoms with van der Waals surface area (Å²) >= 11 is 0. The van der Waals surface area contributed by atoms with E-state index < -0.39 is 12.1 Å². The molecule has 4 heterocycles. The third kappa shape index (κ3) is 6.73. The van der Waals surface area contributed by atoms with Crippen molar-refractivity contribution in [1.29, 1.82) is 0 Å². The fourth-order valence-electron chi connectivity index (χ4n) is 4.55. The molecule has 2 aliphatic rings. The Hall–Kier alpha value is -3.18. The molecule has 0 bridgehead atoms. The Balaban J connectivity index is 0.000000384. The Labute approximate surface area is 207 Å². The molecule has 2 aromatic heterocycles. The number of anilines is 1. The fraction of sp³-hybridized carbons (Fsp3) is 0.480. The van der Waals surface area contributed by atoms with Gasteiger partial charge in [-0.1, -0.05) is 29.8 Å². The van der Waals surface area contributed by atoms with Crippen LogP contribution in [0.5, 0.6) is 0 Å². The van der Waals surface area contributed by atoms with Crippen LogP contribution in [0, 0.1) is 6.92 Å². The van der Waals surface area contributed by atoms with Gasteiger partial charge in [-0.3, -0.25) is 4.90 Å². The number of likely N-dealkylation sites (tertiary alicyclic amines) is 1. The van der Waals surface area contributed by atoms with Crippen LogP contribution in [0.25, 0.3) is 5.65 Å². The highest BCUT2D eigenvalue weighted by molar-refractivity contribution is 5.73. The number of aromatic nitrogens is 3. The number of carboxylic acid groups (broad SMARTS) is 1. The summed E-state index contributed by atoms with van der Waals surface area (Å²) in [7, 11) is 0. The summed E-state index contributed by atoms with van der Waals surface area (Å²) < 4.78 is 39.2. The number of piperidine rings is 1. The summed E-state index contributed by atoms with van der Waals surface area (Å²) in [5.41, 5.74) is 4.85. The van der Waals surface area contributed by atoms with E-state index >= 15 is 0 Å². The summed E-state index contributed by atoms with van der Waals surface area (Å²) in [6, 6.07) is 13.1. The van der Waals surface area contributed by atoms with Crippen LogP contribution in [-0.2, 0) is 16.1 Å². The second-order valence-corrected chi connectivity index (χ2v) is 9.13. The number of halogens is 3. The second-order valence-electron chi connectivity index (χ2n) is 9.13. The van der Waals surface area contributed by atoms with E-state index in [1.54, 1.807) is 0 Å². The topological polar surface area (TPSA) is 83.2 Å². The maximum absolute atomic E-state index is 10.6. The van der Waals surface area contributed by atoms with Gasteiger partial charge in [0, 0.05) is 32.1 Å². The molecule has 1 atom stereocenters. The highest BCUT2D eigenvalue weighted by Gasteiger charge is 2.38. The molecule has 2 saturated heterocycles. The van der Waals surface area contributed by atoms with Gasteiger partial charge >= 0.3 is 12.1 Å². The van der Waals surface area contributed by atoms with Crippen LogP contribution < -0.4 is 4.90 Å². The Kier molecular flexibility index (Phi) is 8.10. The second kappa shape index (κ2) is 11.3. The van der Waals surface area contributed by atoms with Gasteiger partial charge < -0.3 is 14.7 Å². The summed E-state index contributed by atoms with van der Waals surface area (Å²) in [6.07, 6.45) is -0.604. The minimum atomic E-state index is -5.08. The normalized spacial score (nSPS) is 19.1. The number of aryl methyl sites for hydroxylation is 1. The predicted molar refractivity (Wildman–Crippen MR) is 128 cm³/mol. The molecule has 2 aliphatic heterocycles. The van der Waals surface area contributed by atoms with Crippen LogP contribution in [0.1, 0.15) is 35.7 Å². The standard InChI is InChI=1S/C23H29N5O.C2HF3O2/c1-18-4-2-5-19(14-18)15-26-9-3-6-20(16-26)23-24-22-8-7-21(17-28(22)25-23)27-10-12-29-13-11-27;3-2(4,5)1(6)7/h2,4-5,7-8,14,17,20H,3,6,9-13,15-16H2,1H3;(H,6,7). The number of aliphatic carboxylic acids is 1. The number of morpholine rings is 1. The van der Waals surface area contributed by atoms with Crippen molar-refractivity contribution < 1.29 is 27.8 Å². The summed E-state index contributed by atoms with van der Waals surface area (Å²) in [4.78, 5) is 18.7. The van der Waals surface area contributed by atoms with Gasteiger partial charge in [0.1, 0.15) is 0 Å². The molecule has 0 aliphatic carbocycles. The molecule has 194 valence electrons. The molecule has 8 nitrogen and oxygen atoms in total. The minimum Gasteiger partial charge on any atom is -0.475 e. The van der Waals surface area contributed by atoms with E-state index in [0.29, 0.717) is 5.92 Å². The number of nitrogens with zero attached hydrogens (tertiary/aromatic N) is 5. The lowest BCUT2D eigenvalue weighted by molar-refractivity contribution is -0.192. The van der Waals surface area contributed by atoms with Gasteiger partial charge in [0.05, 0.1) is 25.1 Å². The van der Waals surface area contributed by atoms with E-state index in [1.807, 2.05) is 4.52 Å². The highest BCUT2D eigenvalue weighted by atomic mass is 19.4. The first-order valence-electron chi connectivity index (χ1n) is 12.0. The number of benzene rings is 1. The van der Waals surface area contributed by atoms with Crippen LogP contribution in [-0.4, -0.2) is 76.1 Å². The van der Waals surface area contributed by atoms with Crippen molar-refractivity contribution in [2.24, 2.45) is 0 Å². The average molecular weight is 506 g/mol. The number of carboxylic acids is 1. The minimum absolute atomic E-state index is 0.403. The SMILES string of the molecule is Cc1cccc(CN2CCCC(c3nc4ccc(N5CCOCC5)cn4n3)C2)c1.O=C(O)C(F)(F)F. The fourth-order valence-corrected chi connectivity index (χ4v) is 4.55. The van der Waals surface area contributed by atoms with Gasteiger partial charge in [-0.25, -0.2) is 14.3 Å². The lowest BCUT2D eigenvalue weighted by Gasteiger charge is -2.31. The Morgan fingerprint density at radius 2 is 1.92 bits per heavy atom. The molecule has 0 spiro atoms. The molecule has 5 rings (SSSR count). The summed E-state index contributed by atoms with van der Waals surface area (Å²) in [6.45, 7) is 8.80. The maximum atomic E-state index is 10.6. The number of hydrogen-bond donors (Lipinski definition) is 1. The number of rotatable bonds is 4. The van der Waals surface area contributed by atoms with Crippen molar-refractivity contribution in [3.63, 3.8) is 0 Å². The van der Waals surface area contributed by atoms with Crippen molar-refractivity contribution in [3.05, 3.63) is 59.5 Å². The van der Waals surface area contributed by atoms with Crippen LogP contribution in [0.3, 0.4) is 0 Å². The lowest BCUT2D eigenvalue weighted by Crippen LogP contribution is -2.36. The highest BCUT2D eigenvalue weighted by Crippen LogP contribution is 2.27. The molecule has 0 saturated carbocycles. The molecule has 1 unspecified atom stereocenters. The van der Waals surface area contributed by atoms with Gasteiger partial charge in [0.2, 0.25) is 0 Å². The Bertz CT molecular complexity index is 1180. The predicted octanol–water partition coefficient (Wildman–Crippen LogP) is 3.89. The molecular weight excluding hydrogens is 475 g/mol. The van der Waals surface area contributed by atoms with Crippen LogP contribution >= 0.6 is 0 Å². The van der Waals surface area contributed by atoms with Crippen LogP contribution in [0.2, 0.25) is 0 Å². The lowest BCUT2D eigenvalue weighted by atomic mass is 9.97. The van der Waals surface area contributed by atoms with Crippen molar-refractivity contribution in [1.82, 2.24) is 19.5 Å². The number of carbonyl (C=O) groups is 1. The molecule has 3 aromatic rings.